The van der Waals surface area contributed by atoms with Crippen molar-refractivity contribution in [1.29, 1.82) is 0 Å². The SMILES string of the molecule is Cc1ccc(Cl)cc1N1CCN(CC(=O)NC2CCCCCC2)CC1. The zero-order valence-electron chi connectivity index (χ0n) is 15.3. The summed E-state index contributed by atoms with van der Waals surface area (Å²) >= 11 is 6.15. The number of aryl methyl sites for hydroxylation is 1. The Morgan fingerprint density at radius 2 is 1.80 bits per heavy atom. The molecule has 0 bridgehead atoms. The number of rotatable bonds is 4. The zero-order chi connectivity index (χ0) is 17.6. The topological polar surface area (TPSA) is 35.6 Å². The predicted molar refractivity (Wildman–Crippen MR) is 104 cm³/mol. The second-order valence-electron chi connectivity index (χ2n) is 7.45. The average Bonchev–Trinajstić information content (AvgIpc) is 2.86. The number of carbonyl (C=O) groups excluding carboxylic acids is 1. The molecule has 1 N–H and O–H groups in total. The van der Waals surface area contributed by atoms with Crippen LogP contribution in [0.4, 0.5) is 5.69 Å². The first-order valence-corrected chi connectivity index (χ1v) is 10.0. The molecule has 1 aliphatic carbocycles. The monoisotopic (exact) mass is 363 g/mol. The lowest BCUT2D eigenvalue weighted by molar-refractivity contribution is -0.123. The molecule has 1 amide bonds. The summed E-state index contributed by atoms with van der Waals surface area (Å²) in [5.41, 5.74) is 2.47. The normalized spacial score (nSPS) is 20.3. The molecule has 1 saturated heterocycles. The minimum atomic E-state index is 0.194. The van der Waals surface area contributed by atoms with Crippen molar-refractivity contribution in [2.24, 2.45) is 0 Å². The van der Waals surface area contributed by atoms with Crippen molar-refractivity contribution in [1.82, 2.24) is 10.2 Å². The number of nitrogens with one attached hydrogen (secondary N) is 1. The van der Waals surface area contributed by atoms with Gasteiger partial charge in [-0.2, -0.15) is 0 Å². The van der Waals surface area contributed by atoms with E-state index in [1.54, 1.807) is 0 Å². The van der Waals surface area contributed by atoms with Crippen LogP contribution in [0.15, 0.2) is 18.2 Å². The van der Waals surface area contributed by atoms with Crippen molar-refractivity contribution in [3.8, 4) is 0 Å². The minimum absolute atomic E-state index is 0.194. The van der Waals surface area contributed by atoms with Gasteiger partial charge in [-0.05, 0) is 37.5 Å². The Labute approximate surface area is 156 Å². The molecule has 0 radical (unpaired) electrons. The molecule has 1 aliphatic heterocycles. The highest BCUT2D eigenvalue weighted by Crippen LogP contribution is 2.25. The van der Waals surface area contributed by atoms with Crippen LogP contribution < -0.4 is 10.2 Å². The summed E-state index contributed by atoms with van der Waals surface area (Å²) in [4.78, 5) is 17.0. The smallest absolute Gasteiger partial charge is 0.234 e. The molecular formula is C20H30ClN3O. The Bertz CT molecular complexity index is 576. The van der Waals surface area contributed by atoms with Crippen LogP contribution in [0.2, 0.25) is 5.02 Å². The Morgan fingerprint density at radius 1 is 1.12 bits per heavy atom. The summed E-state index contributed by atoms with van der Waals surface area (Å²) < 4.78 is 0. The summed E-state index contributed by atoms with van der Waals surface area (Å²) in [6, 6.07) is 6.45. The summed E-state index contributed by atoms with van der Waals surface area (Å²) in [6.45, 7) is 6.38. The maximum atomic E-state index is 12.4. The third-order valence-corrected chi connectivity index (χ3v) is 5.71. The maximum Gasteiger partial charge on any atom is 0.234 e. The van der Waals surface area contributed by atoms with Crippen LogP contribution in [0.5, 0.6) is 0 Å². The summed E-state index contributed by atoms with van der Waals surface area (Å²) in [6.07, 6.45) is 7.43. The number of carbonyl (C=O) groups is 1. The molecule has 3 rings (SSSR count). The molecule has 4 nitrogen and oxygen atoms in total. The van der Waals surface area contributed by atoms with Gasteiger partial charge >= 0.3 is 0 Å². The maximum absolute atomic E-state index is 12.4. The second kappa shape index (κ2) is 8.91. The molecule has 0 spiro atoms. The van der Waals surface area contributed by atoms with Crippen molar-refractivity contribution in [2.75, 3.05) is 37.6 Å². The second-order valence-corrected chi connectivity index (χ2v) is 7.89. The van der Waals surface area contributed by atoms with Gasteiger partial charge in [0.2, 0.25) is 5.91 Å². The highest BCUT2D eigenvalue weighted by Gasteiger charge is 2.21. The first kappa shape index (κ1) is 18.5. The molecule has 2 aliphatic rings. The molecule has 0 aromatic heterocycles. The molecule has 1 aromatic carbocycles. The first-order valence-electron chi connectivity index (χ1n) is 9.64. The Kier molecular flexibility index (Phi) is 6.60. The highest BCUT2D eigenvalue weighted by molar-refractivity contribution is 6.30. The van der Waals surface area contributed by atoms with Crippen molar-refractivity contribution >= 4 is 23.2 Å². The molecule has 25 heavy (non-hydrogen) atoms. The number of amides is 1. The van der Waals surface area contributed by atoms with E-state index in [2.05, 4.69) is 28.1 Å². The summed E-state index contributed by atoms with van der Waals surface area (Å²) in [5.74, 6) is 0.194. The van der Waals surface area contributed by atoms with Crippen molar-refractivity contribution in [2.45, 2.75) is 51.5 Å². The van der Waals surface area contributed by atoms with Gasteiger partial charge in [0.05, 0.1) is 6.54 Å². The molecule has 1 saturated carbocycles. The van der Waals surface area contributed by atoms with Crippen molar-refractivity contribution < 1.29 is 4.79 Å². The van der Waals surface area contributed by atoms with Gasteiger partial charge in [-0.1, -0.05) is 43.4 Å². The van der Waals surface area contributed by atoms with E-state index in [9.17, 15) is 4.79 Å². The van der Waals surface area contributed by atoms with E-state index in [0.717, 1.165) is 44.0 Å². The van der Waals surface area contributed by atoms with Crippen molar-refractivity contribution in [3.63, 3.8) is 0 Å². The first-order chi connectivity index (χ1) is 12.1. The highest BCUT2D eigenvalue weighted by atomic mass is 35.5. The van der Waals surface area contributed by atoms with Crippen molar-refractivity contribution in [3.05, 3.63) is 28.8 Å². The van der Waals surface area contributed by atoms with Crippen LogP contribution in [0, 0.1) is 6.92 Å². The van der Waals surface area contributed by atoms with Gasteiger partial charge in [-0.25, -0.2) is 0 Å². The molecule has 1 aromatic rings. The van der Waals surface area contributed by atoms with E-state index in [1.807, 2.05) is 12.1 Å². The number of hydrogen-bond donors (Lipinski definition) is 1. The third-order valence-electron chi connectivity index (χ3n) is 5.47. The van der Waals surface area contributed by atoms with Gasteiger partial charge in [0.15, 0.2) is 0 Å². The Hall–Kier alpha value is -1.26. The number of halogens is 1. The molecule has 138 valence electrons. The fourth-order valence-electron chi connectivity index (χ4n) is 3.97. The van der Waals surface area contributed by atoms with E-state index in [1.165, 1.54) is 36.9 Å². The largest absolute Gasteiger partial charge is 0.369 e. The lowest BCUT2D eigenvalue weighted by atomic mass is 10.1. The lowest BCUT2D eigenvalue weighted by Gasteiger charge is -2.36. The molecule has 5 heteroatoms. The Balaban J connectivity index is 1.45. The lowest BCUT2D eigenvalue weighted by Crippen LogP contribution is -2.50. The van der Waals surface area contributed by atoms with Gasteiger partial charge < -0.3 is 10.2 Å². The van der Waals surface area contributed by atoms with E-state index < -0.39 is 0 Å². The number of benzene rings is 1. The molecule has 0 atom stereocenters. The van der Waals surface area contributed by atoms with Gasteiger partial charge in [0.1, 0.15) is 0 Å². The fraction of sp³-hybridized carbons (Fsp3) is 0.650. The van der Waals surface area contributed by atoms with Crippen LogP contribution >= 0.6 is 11.6 Å². The number of nitrogens with zero attached hydrogens (tertiary/aromatic N) is 2. The van der Waals surface area contributed by atoms with Crippen LogP contribution in [0.1, 0.15) is 44.1 Å². The van der Waals surface area contributed by atoms with Crippen LogP contribution in [0.3, 0.4) is 0 Å². The van der Waals surface area contributed by atoms with E-state index in [0.29, 0.717) is 12.6 Å². The predicted octanol–water partition coefficient (Wildman–Crippen LogP) is 3.61. The van der Waals surface area contributed by atoms with E-state index in [4.69, 9.17) is 11.6 Å². The van der Waals surface area contributed by atoms with Crippen LogP contribution in [-0.2, 0) is 4.79 Å². The van der Waals surface area contributed by atoms with Crippen LogP contribution in [0.25, 0.3) is 0 Å². The number of piperazine rings is 1. The van der Waals surface area contributed by atoms with Gasteiger partial charge in [-0.15, -0.1) is 0 Å². The number of anilines is 1. The van der Waals surface area contributed by atoms with Gasteiger partial charge in [0.25, 0.3) is 0 Å². The standard InChI is InChI=1S/C20H30ClN3O/c1-16-8-9-17(21)14-19(16)24-12-10-23(11-13-24)15-20(25)22-18-6-4-2-3-5-7-18/h8-9,14,18H,2-7,10-13,15H2,1H3,(H,22,25). The molecule has 0 unspecified atom stereocenters. The average molecular weight is 364 g/mol. The number of hydrogen-bond acceptors (Lipinski definition) is 3. The molecule has 2 fully saturated rings. The molecular weight excluding hydrogens is 334 g/mol. The summed E-state index contributed by atoms with van der Waals surface area (Å²) in [5, 5.41) is 4.04. The summed E-state index contributed by atoms with van der Waals surface area (Å²) in [7, 11) is 0. The van der Waals surface area contributed by atoms with E-state index >= 15 is 0 Å². The van der Waals surface area contributed by atoms with Crippen LogP contribution in [-0.4, -0.2) is 49.6 Å². The van der Waals surface area contributed by atoms with Gasteiger partial charge in [-0.3, -0.25) is 9.69 Å². The Morgan fingerprint density at radius 3 is 2.48 bits per heavy atom. The zero-order valence-corrected chi connectivity index (χ0v) is 16.0. The van der Waals surface area contributed by atoms with E-state index in [-0.39, 0.29) is 5.91 Å². The minimum Gasteiger partial charge on any atom is -0.369 e. The fourth-order valence-corrected chi connectivity index (χ4v) is 4.14. The quantitative estimate of drug-likeness (QED) is 0.830. The molecule has 1 heterocycles. The van der Waals surface area contributed by atoms with Gasteiger partial charge in [0, 0.05) is 42.9 Å². The third kappa shape index (κ3) is 5.35.